The normalized spacial score (nSPS) is 20.3. The predicted octanol–water partition coefficient (Wildman–Crippen LogP) is 2.34. The fourth-order valence-corrected chi connectivity index (χ4v) is 4.57. The van der Waals surface area contributed by atoms with Gasteiger partial charge in [-0.05, 0) is 49.6 Å². The molecule has 4 heterocycles. The number of benzene rings is 1. The summed E-state index contributed by atoms with van der Waals surface area (Å²) < 4.78 is 1.88. The van der Waals surface area contributed by atoms with Crippen LogP contribution < -0.4 is 5.56 Å². The van der Waals surface area contributed by atoms with Crippen LogP contribution in [0.1, 0.15) is 48.3 Å². The van der Waals surface area contributed by atoms with E-state index in [0.717, 1.165) is 17.7 Å². The SMILES string of the molecule is CC(C)n1nnc(-c2ccc(C(=O)N3C[C@@H]4C[C@H](C3)c3cccc(=O)n3C4)cc2)n1. The number of carbonyl (C=O) groups is 1. The van der Waals surface area contributed by atoms with Gasteiger partial charge in [-0.3, -0.25) is 9.59 Å². The molecule has 30 heavy (non-hydrogen) atoms. The molecule has 5 rings (SSSR count). The van der Waals surface area contributed by atoms with Crippen LogP contribution in [0.5, 0.6) is 0 Å². The summed E-state index contributed by atoms with van der Waals surface area (Å²) in [5.41, 5.74) is 2.59. The van der Waals surface area contributed by atoms with E-state index in [1.807, 2.05) is 59.7 Å². The molecule has 2 bridgehead atoms. The summed E-state index contributed by atoms with van der Waals surface area (Å²) in [4.78, 5) is 28.9. The number of tetrazole rings is 1. The summed E-state index contributed by atoms with van der Waals surface area (Å²) in [6.45, 7) is 6.00. The highest BCUT2D eigenvalue weighted by Gasteiger charge is 2.36. The Morgan fingerprint density at radius 3 is 2.60 bits per heavy atom. The van der Waals surface area contributed by atoms with E-state index in [4.69, 9.17) is 0 Å². The first-order valence-corrected chi connectivity index (χ1v) is 10.4. The minimum absolute atomic E-state index is 0.0294. The van der Waals surface area contributed by atoms with Crippen LogP contribution >= 0.6 is 0 Å². The number of rotatable bonds is 3. The summed E-state index contributed by atoms with van der Waals surface area (Å²) in [7, 11) is 0. The van der Waals surface area contributed by atoms with Gasteiger partial charge in [0.15, 0.2) is 0 Å². The van der Waals surface area contributed by atoms with Crippen molar-refractivity contribution in [3.8, 4) is 11.4 Å². The van der Waals surface area contributed by atoms with Crippen LogP contribution in [0, 0.1) is 5.92 Å². The number of pyridine rings is 1. The van der Waals surface area contributed by atoms with Gasteiger partial charge in [0.2, 0.25) is 5.82 Å². The number of amides is 1. The van der Waals surface area contributed by atoms with Crippen molar-refractivity contribution in [1.82, 2.24) is 29.7 Å². The summed E-state index contributed by atoms with van der Waals surface area (Å²) in [5, 5.41) is 12.5. The molecule has 0 saturated carbocycles. The Kier molecular flexibility index (Phi) is 4.49. The van der Waals surface area contributed by atoms with Crippen molar-refractivity contribution in [2.24, 2.45) is 5.92 Å². The molecule has 2 atom stereocenters. The van der Waals surface area contributed by atoms with Crippen molar-refractivity contribution in [2.75, 3.05) is 13.1 Å². The fourth-order valence-electron chi connectivity index (χ4n) is 4.57. The lowest BCUT2D eigenvalue weighted by Crippen LogP contribution is -2.49. The second-order valence-electron chi connectivity index (χ2n) is 8.51. The molecule has 2 aromatic heterocycles. The van der Waals surface area contributed by atoms with Crippen LogP contribution in [-0.2, 0) is 6.54 Å². The lowest BCUT2D eigenvalue weighted by Gasteiger charge is -2.42. The highest BCUT2D eigenvalue weighted by atomic mass is 16.2. The molecule has 2 aliphatic rings. The first kappa shape index (κ1) is 18.7. The maximum absolute atomic E-state index is 13.2. The largest absolute Gasteiger partial charge is 0.338 e. The standard InChI is InChI=1S/C22H24N6O2/c1-14(2)28-24-21(23-25-28)16-6-8-17(9-7-16)22(30)26-11-15-10-18(13-26)19-4-3-5-20(29)27(19)12-15/h3-9,14-15,18H,10-13H2,1-2H3/t15-,18+/m0/s1. The molecule has 1 amide bonds. The number of hydrogen-bond donors (Lipinski definition) is 0. The van der Waals surface area contributed by atoms with Gasteiger partial charge >= 0.3 is 0 Å². The first-order valence-electron chi connectivity index (χ1n) is 10.4. The van der Waals surface area contributed by atoms with Crippen molar-refractivity contribution < 1.29 is 4.79 Å². The minimum atomic E-state index is 0.0294. The van der Waals surface area contributed by atoms with Crippen LogP contribution in [0.2, 0.25) is 0 Å². The van der Waals surface area contributed by atoms with E-state index in [1.165, 1.54) is 0 Å². The molecular formula is C22H24N6O2. The zero-order chi connectivity index (χ0) is 20.8. The van der Waals surface area contributed by atoms with Crippen molar-refractivity contribution in [3.05, 3.63) is 64.1 Å². The average Bonchev–Trinajstić information content (AvgIpc) is 3.25. The second kappa shape index (κ2) is 7.19. The highest BCUT2D eigenvalue weighted by molar-refractivity contribution is 5.94. The molecule has 2 aliphatic heterocycles. The number of carbonyl (C=O) groups excluding carboxylic acids is 1. The third-order valence-corrected chi connectivity index (χ3v) is 6.05. The molecule has 154 valence electrons. The van der Waals surface area contributed by atoms with Crippen molar-refractivity contribution >= 4 is 5.91 Å². The van der Waals surface area contributed by atoms with Crippen LogP contribution in [-0.4, -0.2) is 48.7 Å². The molecule has 8 nitrogen and oxygen atoms in total. The third kappa shape index (κ3) is 3.22. The Hall–Kier alpha value is -3.29. The van der Waals surface area contributed by atoms with E-state index in [1.54, 1.807) is 10.9 Å². The Labute approximate surface area is 174 Å². The Morgan fingerprint density at radius 1 is 1.07 bits per heavy atom. The molecular weight excluding hydrogens is 380 g/mol. The maximum atomic E-state index is 13.2. The van der Waals surface area contributed by atoms with E-state index in [-0.39, 0.29) is 23.4 Å². The monoisotopic (exact) mass is 404 g/mol. The lowest BCUT2D eigenvalue weighted by atomic mass is 9.83. The number of nitrogens with zero attached hydrogens (tertiary/aromatic N) is 6. The van der Waals surface area contributed by atoms with E-state index < -0.39 is 0 Å². The van der Waals surface area contributed by atoms with Crippen LogP contribution in [0.25, 0.3) is 11.4 Å². The van der Waals surface area contributed by atoms with Gasteiger partial charge in [0.05, 0.1) is 6.04 Å². The summed E-state index contributed by atoms with van der Waals surface area (Å²) >= 11 is 0. The number of likely N-dealkylation sites (tertiary alicyclic amines) is 1. The van der Waals surface area contributed by atoms with Gasteiger partial charge in [-0.25, -0.2) is 0 Å². The fraction of sp³-hybridized carbons (Fsp3) is 0.409. The van der Waals surface area contributed by atoms with E-state index in [0.29, 0.717) is 36.9 Å². The van der Waals surface area contributed by atoms with Crippen LogP contribution in [0.3, 0.4) is 0 Å². The molecule has 1 saturated heterocycles. The van der Waals surface area contributed by atoms with Crippen molar-refractivity contribution in [2.45, 2.75) is 38.8 Å². The Bertz CT molecular complexity index is 1150. The van der Waals surface area contributed by atoms with E-state index >= 15 is 0 Å². The number of aromatic nitrogens is 5. The number of hydrogen-bond acceptors (Lipinski definition) is 5. The number of fused-ring (bicyclic) bond motifs is 4. The molecule has 1 aromatic carbocycles. The van der Waals surface area contributed by atoms with Gasteiger partial charge in [-0.15, -0.1) is 10.2 Å². The van der Waals surface area contributed by atoms with Gasteiger partial charge in [0, 0.05) is 48.4 Å². The average molecular weight is 404 g/mol. The molecule has 0 N–H and O–H groups in total. The first-order chi connectivity index (χ1) is 14.5. The molecule has 8 heteroatoms. The van der Waals surface area contributed by atoms with Gasteiger partial charge in [0.25, 0.3) is 11.5 Å². The molecule has 0 unspecified atom stereocenters. The summed E-state index contributed by atoms with van der Waals surface area (Å²) in [6.07, 6.45) is 1.03. The van der Waals surface area contributed by atoms with Crippen LogP contribution in [0.4, 0.5) is 0 Å². The van der Waals surface area contributed by atoms with Crippen LogP contribution in [0.15, 0.2) is 47.3 Å². The summed E-state index contributed by atoms with van der Waals surface area (Å²) in [6, 6.07) is 13.0. The van der Waals surface area contributed by atoms with E-state index in [9.17, 15) is 9.59 Å². The molecule has 0 spiro atoms. The van der Waals surface area contributed by atoms with Gasteiger partial charge < -0.3 is 9.47 Å². The second-order valence-corrected chi connectivity index (χ2v) is 8.51. The topological polar surface area (TPSA) is 85.9 Å². The zero-order valence-electron chi connectivity index (χ0n) is 17.1. The van der Waals surface area contributed by atoms with Crippen molar-refractivity contribution in [3.63, 3.8) is 0 Å². The maximum Gasteiger partial charge on any atom is 0.253 e. The minimum Gasteiger partial charge on any atom is -0.338 e. The van der Waals surface area contributed by atoms with E-state index in [2.05, 4.69) is 15.4 Å². The molecule has 0 radical (unpaired) electrons. The number of piperidine rings is 1. The highest BCUT2D eigenvalue weighted by Crippen LogP contribution is 2.35. The van der Waals surface area contributed by atoms with Gasteiger partial charge in [0.1, 0.15) is 0 Å². The van der Waals surface area contributed by atoms with Gasteiger partial charge in [-0.1, -0.05) is 18.2 Å². The predicted molar refractivity (Wildman–Crippen MR) is 111 cm³/mol. The summed E-state index contributed by atoms with van der Waals surface area (Å²) in [5.74, 6) is 1.11. The molecule has 3 aromatic rings. The Morgan fingerprint density at radius 2 is 1.87 bits per heavy atom. The smallest absolute Gasteiger partial charge is 0.253 e. The molecule has 1 fully saturated rings. The quantitative estimate of drug-likeness (QED) is 0.669. The third-order valence-electron chi connectivity index (χ3n) is 6.05. The Balaban J connectivity index is 1.35. The van der Waals surface area contributed by atoms with Gasteiger partial charge in [-0.2, -0.15) is 4.80 Å². The molecule has 0 aliphatic carbocycles. The van der Waals surface area contributed by atoms with Crippen molar-refractivity contribution in [1.29, 1.82) is 0 Å². The lowest BCUT2D eigenvalue weighted by molar-refractivity contribution is 0.0594. The zero-order valence-corrected chi connectivity index (χ0v) is 17.1.